The number of aliphatic carboxylic acids is 1. The molecule has 1 aromatic carbocycles. The van der Waals surface area contributed by atoms with E-state index in [0.29, 0.717) is 43.3 Å². The Balaban J connectivity index is 1.59. The number of carbonyl (C=O) groups is 4. The summed E-state index contributed by atoms with van der Waals surface area (Å²) in [6.07, 6.45) is 4.32. The van der Waals surface area contributed by atoms with Crippen LogP contribution in [0.25, 0.3) is 0 Å². The fraction of sp³-hybridized carbons (Fsp3) is 0.697. The normalized spacial score (nSPS) is 21.7. The molecule has 0 spiro atoms. The van der Waals surface area contributed by atoms with Gasteiger partial charge in [0, 0.05) is 58.2 Å². The van der Waals surface area contributed by atoms with Crippen molar-refractivity contribution in [1.29, 1.82) is 0 Å². The number of hydrogen-bond acceptors (Lipinski definition) is 8. The first-order valence-electron chi connectivity index (χ1n) is 16.4. The summed E-state index contributed by atoms with van der Waals surface area (Å²) >= 11 is 0. The van der Waals surface area contributed by atoms with E-state index in [2.05, 4.69) is 28.1 Å². The summed E-state index contributed by atoms with van der Waals surface area (Å²) in [7, 11) is 9.47. The van der Waals surface area contributed by atoms with Gasteiger partial charge >= 0.3 is 12.0 Å². The summed E-state index contributed by atoms with van der Waals surface area (Å²) in [4.78, 5) is 58.5. The lowest BCUT2D eigenvalue weighted by Gasteiger charge is -2.34. The number of carbonyl (C=O) groups excluding carboxylic acids is 3. The molecule has 3 aliphatic rings. The number of benzene rings is 1. The van der Waals surface area contributed by atoms with Crippen LogP contribution in [0.5, 0.6) is 17.2 Å². The number of urea groups is 1. The molecular formula is C33H52N5O8+. The maximum atomic E-state index is 13.9. The number of imide groups is 1. The molecule has 13 nitrogen and oxygen atoms in total. The quantitative estimate of drug-likeness (QED) is 0.213. The van der Waals surface area contributed by atoms with Gasteiger partial charge in [-0.1, -0.05) is 13.3 Å². The maximum absolute atomic E-state index is 13.9. The summed E-state index contributed by atoms with van der Waals surface area (Å²) < 4.78 is 17.6. The van der Waals surface area contributed by atoms with Crippen molar-refractivity contribution in [2.75, 3.05) is 87.9 Å². The molecule has 3 aliphatic heterocycles. The molecule has 0 aromatic heterocycles. The first-order valence-corrected chi connectivity index (χ1v) is 16.4. The number of fused-ring (bicyclic) bond motifs is 1. The number of nitrogens with zero attached hydrogens (tertiary/aromatic N) is 5. The highest BCUT2D eigenvalue weighted by molar-refractivity contribution is 5.96. The zero-order valence-electron chi connectivity index (χ0n) is 28.3. The fourth-order valence-electron chi connectivity index (χ4n) is 6.74. The summed E-state index contributed by atoms with van der Waals surface area (Å²) in [5.74, 6) is -1.10. The predicted octanol–water partition coefficient (Wildman–Crippen LogP) is 2.68. The van der Waals surface area contributed by atoms with E-state index in [1.54, 1.807) is 11.0 Å². The van der Waals surface area contributed by atoms with Gasteiger partial charge in [0.25, 0.3) is 0 Å². The standard InChI is InChI=1S/C33H51N5O8/c1-7-8-13-35(14-9-10-17-38(3,4)5)29(40)21-37-20-24(23-18-26(44-6)31-27(19-23)45-22-46-31)30(32(41)42)25(37)11-15-36-16-12-28(39)34(2)33(36)43/h18-19,24-25,30H,7-17,20-22H2,1-6H3/p+1/t24-,25+,30-/m1/s1. The van der Waals surface area contributed by atoms with Crippen LogP contribution in [0.1, 0.15) is 56.9 Å². The first-order chi connectivity index (χ1) is 21.8. The Morgan fingerprint density at radius 3 is 2.52 bits per heavy atom. The monoisotopic (exact) mass is 646 g/mol. The summed E-state index contributed by atoms with van der Waals surface area (Å²) in [5, 5.41) is 10.6. The molecule has 0 unspecified atom stereocenters. The number of amides is 4. The molecule has 1 N–H and O–H groups in total. The first kappa shape index (κ1) is 35.3. The van der Waals surface area contributed by atoms with Crippen molar-refractivity contribution in [2.45, 2.75) is 57.4 Å². The van der Waals surface area contributed by atoms with Crippen LogP contribution in [0.2, 0.25) is 0 Å². The molecule has 0 aliphatic carbocycles. The van der Waals surface area contributed by atoms with Crippen LogP contribution in [0.3, 0.4) is 0 Å². The molecule has 2 saturated heterocycles. The molecule has 3 atom stereocenters. The van der Waals surface area contributed by atoms with E-state index in [1.165, 1.54) is 14.2 Å². The van der Waals surface area contributed by atoms with Gasteiger partial charge in [0.2, 0.25) is 24.4 Å². The van der Waals surface area contributed by atoms with E-state index in [1.807, 2.05) is 15.9 Å². The lowest BCUT2D eigenvalue weighted by molar-refractivity contribution is -0.870. The number of quaternary nitrogens is 1. The molecule has 4 rings (SSSR count). The fourth-order valence-corrected chi connectivity index (χ4v) is 6.74. The Hall–Kier alpha value is -3.58. The largest absolute Gasteiger partial charge is 0.493 e. The zero-order chi connectivity index (χ0) is 33.6. The zero-order valence-corrected chi connectivity index (χ0v) is 28.3. The smallest absolute Gasteiger partial charge is 0.326 e. The maximum Gasteiger partial charge on any atom is 0.326 e. The van der Waals surface area contributed by atoms with E-state index >= 15 is 0 Å². The Kier molecular flexibility index (Phi) is 11.8. The van der Waals surface area contributed by atoms with E-state index in [-0.39, 0.29) is 50.7 Å². The molecule has 256 valence electrons. The minimum atomic E-state index is -0.970. The Labute approximate surface area is 272 Å². The lowest BCUT2D eigenvalue weighted by Crippen LogP contribution is -2.52. The minimum Gasteiger partial charge on any atom is -0.493 e. The van der Waals surface area contributed by atoms with Gasteiger partial charge in [-0.25, -0.2) is 4.79 Å². The number of likely N-dealkylation sites (tertiary alicyclic amines) is 1. The molecule has 1 aromatic rings. The highest BCUT2D eigenvalue weighted by Crippen LogP contribution is 2.47. The molecule has 13 heteroatoms. The SMILES string of the molecule is CCCCN(CCCC[N+](C)(C)C)C(=O)CN1C[C@H](c2cc(OC)c3c(c2)OCO3)[C@@H](C(=O)O)[C@@H]1CCN1CCC(=O)N(C)C1=O. The number of methoxy groups -OCH3 is 1. The van der Waals surface area contributed by atoms with Gasteiger partial charge < -0.3 is 33.6 Å². The summed E-state index contributed by atoms with van der Waals surface area (Å²) in [6, 6.07) is 2.70. The number of ether oxygens (including phenoxy) is 3. The van der Waals surface area contributed by atoms with Gasteiger partial charge in [0.15, 0.2) is 11.5 Å². The minimum absolute atomic E-state index is 0.0175. The van der Waals surface area contributed by atoms with Crippen molar-refractivity contribution < 1.29 is 43.0 Å². The van der Waals surface area contributed by atoms with Crippen LogP contribution in [0, 0.1) is 5.92 Å². The molecule has 2 fully saturated rings. The van der Waals surface area contributed by atoms with E-state index in [4.69, 9.17) is 14.2 Å². The number of unbranched alkanes of at least 4 members (excludes halogenated alkanes) is 2. The molecule has 0 radical (unpaired) electrons. The predicted molar refractivity (Wildman–Crippen MR) is 171 cm³/mol. The van der Waals surface area contributed by atoms with Crippen LogP contribution in [-0.4, -0.2) is 147 Å². The second-order valence-corrected chi connectivity index (χ2v) is 13.6. The molecule has 3 heterocycles. The Morgan fingerprint density at radius 2 is 1.85 bits per heavy atom. The van der Waals surface area contributed by atoms with Crippen LogP contribution in [-0.2, 0) is 14.4 Å². The molecule has 4 amide bonds. The van der Waals surface area contributed by atoms with Gasteiger partial charge in [-0.3, -0.25) is 24.2 Å². The third-order valence-electron chi connectivity index (χ3n) is 9.34. The number of carboxylic acids is 1. The second kappa shape index (κ2) is 15.3. The Morgan fingerprint density at radius 1 is 1.11 bits per heavy atom. The van der Waals surface area contributed by atoms with Crippen molar-refractivity contribution in [3.63, 3.8) is 0 Å². The lowest BCUT2D eigenvalue weighted by atomic mass is 9.84. The molecule has 46 heavy (non-hydrogen) atoms. The topological polar surface area (TPSA) is 129 Å². The van der Waals surface area contributed by atoms with Crippen LogP contribution in [0.4, 0.5) is 4.79 Å². The van der Waals surface area contributed by atoms with Gasteiger partial charge in [-0.05, 0) is 43.4 Å². The van der Waals surface area contributed by atoms with E-state index < -0.39 is 23.8 Å². The van der Waals surface area contributed by atoms with Crippen molar-refractivity contribution in [1.82, 2.24) is 19.6 Å². The summed E-state index contributed by atoms with van der Waals surface area (Å²) in [5.41, 5.74) is 0.732. The van der Waals surface area contributed by atoms with Gasteiger partial charge in [-0.15, -0.1) is 0 Å². The van der Waals surface area contributed by atoms with Gasteiger partial charge in [0.1, 0.15) is 0 Å². The third kappa shape index (κ3) is 8.41. The molecule has 0 bridgehead atoms. The van der Waals surface area contributed by atoms with Crippen LogP contribution >= 0.6 is 0 Å². The van der Waals surface area contributed by atoms with Crippen molar-refractivity contribution in [2.24, 2.45) is 5.92 Å². The van der Waals surface area contributed by atoms with Gasteiger partial charge in [-0.2, -0.15) is 0 Å². The molecule has 0 saturated carbocycles. The summed E-state index contributed by atoms with van der Waals surface area (Å²) in [6.45, 7) is 5.46. The van der Waals surface area contributed by atoms with Gasteiger partial charge in [0.05, 0.1) is 47.3 Å². The molecular weight excluding hydrogens is 594 g/mol. The number of rotatable bonds is 16. The van der Waals surface area contributed by atoms with Crippen molar-refractivity contribution in [3.8, 4) is 17.2 Å². The number of carboxylic acid groups (broad SMARTS) is 1. The van der Waals surface area contributed by atoms with Crippen LogP contribution < -0.4 is 14.2 Å². The number of hydrogen-bond donors (Lipinski definition) is 1. The third-order valence-corrected chi connectivity index (χ3v) is 9.34. The van der Waals surface area contributed by atoms with Crippen molar-refractivity contribution >= 4 is 23.8 Å². The highest BCUT2D eigenvalue weighted by atomic mass is 16.7. The Bertz CT molecular complexity index is 1270. The van der Waals surface area contributed by atoms with E-state index in [9.17, 15) is 24.3 Å². The average molecular weight is 647 g/mol. The highest BCUT2D eigenvalue weighted by Gasteiger charge is 2.48. The second-order valence-electron chi connectivity index (χ2n) is 13.6. The average Bonchev–Trinajstić information content (AvgIpc) is 3.63. The van der Waals surface area contributed by atoms with Crippen molar-refractivity contribution in [3.05, 3.63) is 17.7 Å². The van der Waals surface area contributed by atoms with Crippen LogP contribution in [0.15, 0.2) is 12.1 Å². The van der Waals surface area contributed by atoms with E-state index in [0.717, 1.165) is 47.2 Å².